The Hall–Kier alpha value is -2.94. The van der Waals surface area contributed by atoms with Crippen LogP contribution in [0.1, 0.15) is 24.8 Å². The molecule has 3 aromatic rings. The number of β-amino-alcohol motifs (C(OH)–C–C–N with tert-alkyl or cyclic N) is 1. The van der Waals surface area contributed by atoms with Gasteiger partial charge in [-0.05, 0) is 55.5 Å². The number of aliphatic hydroxyl groups is 1. The number of rotatable bonds is 3. The highest BCUT2D eigenvalue weighted by Gasteiger charge is 2.48. The minimum atomic E-state index is -4.55. The zero-order valence-electron chi connectivity index (χ0n) is 15.9. The highest BCUT2D eigenvalue weighted by Crippen LogP contribution is 2.46. The van der Waals surface area contributed by atoms with Crippen molar-refractivity contribution in [3.63, 3.8) is 0 Å². The number of phenols is 1. The van der Waals surface area contributed by atoms with E-state index in [-0.39, 0.29) is 11.3 Å². The second kappa shape index (κ2) is 6.53. The van der Waals surface area contributed by atoms with E-state index in [1.54, 1.807) is 18.3 Å². The van der Waals surface area contributed by atoms with Gasteiger partial charge >= 0.3 is 6.18 Å². The number of nitrogens with zero attached hydrogens (tertiary/aromatic N) is 4. The molecule has 1 aliphatic carbocycles. The molecule has 0 amide bonds. The second-order valence-corrected chi connectivity index (χ2v) is 8.05. The van der Waals surface area contributed by atoms with Crippen LogP contribution in [0.5, 0.6) is 5.75 Å². The summed E-state index contributed by atoms with van der Waals surface area (Å²) in [6.45, 7) is 1.07. The fourth-order valence-corrected chi connectivity index (χ4v) is 4.25. The molecule has 5 rings (SSSR count). The van der Waals surface area contributed by atoms with Crippen LogP contribution in [0, 0.1) is 5.92 Å². The standard InChI is InChI=1S/C21H19F3N4O2/c22-21(23,24)13-5-6-14(16(29)10-13)17-15-2-1-8-25-18(15)19(27-26-17)28-9-7-20(30,11-28)12-3-4-12/h1-2,5-6,8,10,12,29-30H,3-4,7,9,11H2/t20-/m0/s1. The van der Waals surface area contributed by atoms with Gasteiger partial charge in [0.2, 0.25) is 0 Å². The van der Waals surface area contributed by atoms with Crippen molar-refractivity contribution in [2.24, 2.45) is 5.92 Å². The van der Waals surface area contributed by atoms with Crippen LogP contribution in [0.2, 0.25) is 0 Å². The van der Waals surface area contributed by atoms with Crippen molar-refractivity contribution >= 4 is 16.7 Å². The van der Waals surface area contributed by atoms with Crippen molar-refractivity contribution < 1.29 is 23.4 Å². The largest absolute Gasteiger partial charge is 0.507 e. The molecule has 0 unspecified atom stereocenters. The molecular formula is C21H19F3N4O2. The first kappa shape index (κ1) is 19.0. The fourth-order valence-electron chi connectivity index (χ4n) is 4.25. The normalized spacial score (nSPS) is 22.1. The van der Waals surface area contributed by atoms with Gasteiger partial charge in [0.05, 0.1) is 11.2 Å². The summed E-state index contributed by atoms with van der Waals surface area (Å²) < 4.78 is 38.8. The van der Waals surface area contributed by atoms with Crippen molar-refractivity contribution in [2.75, 3.05) is 18.0 Å². The number of benzene rings is 1. The number of fused-ring (bicyclic) bond motifs is 1. The number of hydrogen-bond acceptors (Lipinski definition) is 6. The van der Waals surface area contributed by atoms with Gasteiger partial charge in [-0.25, -0.2) is 0 Å². The minimum Gasteiger partial charge on any atom is -0.507 e. The van der Waals surface area contributed by atoms with Crippen LogP contribution in [-0.2, 0) is 6.18 Å². The number of aromatic nitrogens is 3. The molecule has 2 aromatic heterocycles. The summed E-state index contributed by atoms with van der Waals surface area (Å²) in [5.74, 6) is 0.316. The van der Waals surface area contributed by atoms with E-state index in [1.165, 1.54) is 6.07 Å². The predicted molar refractivity (Wildman–Crippen MR) is 104 cm³/mol. The predicted octanol–water partition coefficient (Wildman–Crippen LogP) is 3.77. The molecule has 0 spiro atoms. The average molecular weight is 416 g/mol. The third-order valence-corrected chi connectivity index (χ3v) is 6.02. The summed E-state index contributed by atoms with van der Waals surface area (Å²) in [6, 6.07) is 6.22. The van der Waals surface area contributed by atoms with Gasteiger partial charge < -0.3 is 15.1 Å². The quantitative estimate of drug-likeness (QED) is 0.677. The topological polar surface area (TPSA) is 82.4 Å². The van der Waals surface area contributed by atoms with Crippen LogP contribution >= 0.6 is 0 Å². The summed E-state index contributed by atoms with van der Waals surface area (Å²) >= 11 is 0. The van der Waals surface area contributed by atoms with Gasteiger partial charge in [-0.2, -0.15) is 13.2 Å². The van der Waals surface area contributed by atoms with E-state index in [0.717, 1.165) is 18.9 Å². The van der Waals surface area contributed by atoms with E-state index in [4.69, 9.17) is 0 Å². The van der Waals surface area contributed by atoms with Crippen LogP contribution in [0.4, 0.5) is 19.0 Å². The summed E-state index contributed by atoms with van der Waals surface area (Å²) in [6.07, 6.45) is -0.242. The monoisotopic (exact) mass is 416 g/mol. The van der Waals surface area contributed by atoms with E-state index in [0.29, 0.717) is 48.2 Å². The molecule has 1 saturated carbocycles. The van der Waals surface area contributed by atoms with Gasteiger partial charge in [0.15, 0.2) is 5.82 Å². The maximum Gasteiger partial charge on any atom is 0.416 e. The first-order valence-electron chi connectivity index (χ1n) is 9.75. The number of halogens is 3. The van der Waals surface area contributed by atoms with Crippen molar-refractivity contribution in [3.8, 4) is 17.0 Å². The van der Waals surface area contributed by atoms with Crippen LogP contribution in [-0.4, -0.2) is 44.1 Å². The molecule has 2 fully saturated rings. The maximum atomic E-state index is 12.9. The molecule has 2 aliphatic rings. The molecule has 156 valence electrons. The van der Waals surface area contributed by atoms with Crippen LogP contribution in [0.15, 0.2) is 36.5 Å². The SMILES string of the molecule is Oc1cc(C(F)(F)F)ccc1-c1nnc(N2CC[C@@](O)(C3CC3)C2)c2ncccc12. The van der Waals surface area contributed by atoms with Crippen molar-refractivity contribution in [1.29, 1.82) is 0 Å². The molecule has 30 heavy (non-hydrogen) atoms. The van der Waals surface area contributed by atoms with E-state index in [2.05, 4.69) is 15.2 Å². The highest BCUT2D eigenvalue weighted by atomic mass is 19.4. The third kappa shape index (κ3) is 3.13. The molecule has 1 aliphatic heterocycles. The molecule has 0 bridgehead atoms. The second-order valence-electron chi connectivity index (χ2n) is 8.05. The Kier molecular flexibility index (Phi) is 4.15. The Morgan fingerprint density at radius 2 is 1.93 bits per heavy atom. The lowest BCUT2D eigenvalue weighted by atomic mass is 9.97. The van der Waals surface area contributed by atoms with Gasteiger partial charge in [-0.3, -0.25) is 4.98 Å². The third-order valence-electron chi connectivity index (χ3n) is 6.02. The molecular weight excluding hydrogens is 397 g/mol. The van der Waals surface area contributed by atoms with Crippen LogP contribution < -0.4 is 4.90 Å². The Balaban J connectivity index is 1.57. The smallest absolute Gasteiger partial charge is 0.416 e. The molecule has 0 radical (unpaired) electrons. The number of aromatic hydroxyl groups is 1. The van der Waals surface area contributed by atoms with Crippen molar-refractivity contribution in [1.82, 2.24) is 15.2 Å². The molecule has 9 heteroatoms. The first-order chi connectivity index (χ1) is 14.3. The molecule has 2 N–H and O–H groups in total. The molecule has 6 nitrogen and oxygen atoms in total. The van der Waals surface area contributed by atoms with E-state index >= 15 is 0 Å². The Morgan fingerprint density at radius 1 is 1.13 bits per heavy atom. The first-order valence-corrected chi connectivity index (χ1v) is 9.75. The molecule has 1 aromatic carbocycles. The van der Waals surface area contributed by atoms with Crippen molar-refractivity contribution in [3.05, 3.63) is 42.1 Å². The van der Waals surface area contributed by atoms with Gasteiger partial charge in [-0.15, -0.1) is 10.2 Å². The van der Waals surface area contributed by atoms with Gasteiger partial charge in [0, 0.05) is 30.2 Å². The zero-order chi connectivity index (χ0) is 21.1. The summed E-state index contributed by atoms with van der Waals surface area (Å²) in [5.41, 5.74) is -0.734. The van der Waals surface area contributed by atoms with Crippen molar-refractivity contribution in [2.45, 2.75) is 31.0 Å². The zero-order valence-corrected chi connectivity index (χ0v) is 15.9. The summed E-state index contributed by atoms with van der Waals surface area (Å²) in [4.78, 5) is 6.37. The Bertz CT molecular complexity index is 1130. The number of pyridine rings is 1. The highest BCUT2D eigenvalue weighted by molar-refractivity contribution is 5.98. The number of hydrogen-bond donors (Lipinski definition) is 2. The minimum absolute atomic E-state index is 0.149. The summed E-state index contributed by atoms with van der Waals surface area (Å²) in [7, 11) is 0. The van der Waals surface area contributed by atoms with E-state index < -0.39 is 23.1 Å². The maximum absolute atomic E-state index is 12.9. The van der Waals surface area contributed by atoms with Gasteiger partial charge in [-0.1, -0.05) is 0 Å². The molecule has 1 atom stereocenters. The Morgan fingerprint density at radius 3 is 2.63 bits per heavy atom. The van der Waals surface area contributed by atoms with Crippen LogP contribution in [0.3, 0.4) is 0 Å². The van der Waals surface area contributed by atoms with Crippen LogP contribution in [0.25, 0.3) is 22.2 Å². The molecule has 3 heterocycles. The number of anilines is 1. The van der Waals surface area contributed by atoms with E-state index in [9.17, 15) is 23.4 Å². The fraction of sp³-hybridized carbons (Fsp3) is 0.381. The number of alkyl halides is 3. The Labute approximate surface area is 170 Å². The molecule has 1 saturated heterocycles. The lowest BCUT2D eigenvalue weighted by molar-refractivity contribution is -0.137. The summed E-state index contributed by atoms with van der Waals surface area (Å²) in [5, 5.41) is 30.2. The van der Waals surface area contributed by atoms with Gasteiger partial charge in [0.25, 0.3) is 0 Å². The lowest BCUT2D eigenvalue weighted by Crippen LogP contribution is -2.35. The lowest BCUT2D eigenvalue weighted by Gasteiger charge is -2.24. The van der Waals surface area contributed by atoms with E-state index in [1.807, 2.05) is 4.90 Å². The average Bonchev–Trinajstić information content (AvgIpc) is 3.50. The number of phenolic OH excluding ortho intramolecular Hbond substituents is 1. The van der Waals surface area contributed by atoms with Gasteiger partial charge in [0.1, 0.15) is 17.0 Å².